The molecular formula is C12H18ClN5O4. The van der Waals surface area contributed by atoms with Gasteiger partial charge in [-0.15, -0.1) is 0 Å². The number of hydrogen-bond acceptors (Lipinski definition) is 6. The van der Waals surface area contributed by atoms with Gasteiger partial charge in [-0.25, -0.2) is 5.43 Å². The maximum absolute atomic E-state index is 11.5. The third-order valence-corrected chi connectivity index (χ3v) is 3.13. The summed E-state index contributed by atoms with van der Waals surface area (Å²) in [5.41, 5.74) is 5.44. The number of carbonyl (C=O) groups is 1. The van der Waals surface area contributed by atoms with Gasteiger partial charge >= 0.3 is 5.88 Å². The lowest BCUT2D eigenvalue weighted by Crippen LogP contribution is -3.19. The number of nitro groups is 1. The second-order valence-electron chi connectivity index (χ2n) is 4.74. The molecule has 0 unspecified atom stereocenters. The van der Waals surface area contributed by atoms with Crippen LogP contribution in [0.4, 0.5) is 5.88 Å². The van der Waals surface area contributed by atoms with Crippen LogP contribution >= 0.6 is 0 Å². The SMILES string of the molecule is O=C(CN[NH+]1CCCCC1)N/N=C/c1ccc([N+](=O)[O-])o1.[Cl-]. The molecule has 0 spiro atoms. The molecule has 1 aliphatic rings. The minimum Gasteiger partial charge on any atom is -1.00 e. The van der Waals surface area contributed by atoms with Crippen molar-refractivity contribution in [2.24, 2.45) is 5.10 Å². The monoisotopic (exact) mass is 331 g/mol. The molecule has 0 aromatic carbocycles. The van der Waals surface area contributed by atoms with Crippen molar-refractivity contribution in [2.45, 2.75) is 19.3 Å². The Kier molecular flexibility index (Phi) is 7.50. The van der Waals surface area contributed by atoms with Gasteiger partial charge in [0.25, 0.3) is 5.91 Å². The highest BCUT2D eigenvalue weighted by Crippen LogP contribution is 2.13. The molecule has 1 fully saturated rings. The van der Waals surface area contributed by atoms with Crippen LogP contribution in [0.1, 0.15) is 25.0 Å². The topological polar surface area (TPSA) is 114 Å². The molecule has 0 bridgehead atoms. The summed E-state index contributed by atoms with van der Waals surface area (Å²) < 4.78 is 4.86. The highest BCUT2D eigenvalue weighted by molar-refractivity contribution is 5.81. The van der Waals surface area contributed by atoms with Crippen molar-refractivity contribution < 1.29 is 31.6 Å². The molecule has 10 heteroatoms. The van der Waals surface area contributed by atoms with Crippen LogP contribution in [0.5, 0.6) is 0 Å². The van der Waals surface area contributed by atoms with Crippen LogP contribution in [0, 0.1) is 10.1 Å². The Morgan fingerprint density at radius 1 is 1.41 bits per heavy atom. The number of piperidine rings is 1. The van der Waals surface area contributed by atoms with Crippen molar-refractivity contribution in [2.75, 3.05) is 19.6 Å². The zero-order valence-electron chi connectivity index (χ0n) is 11.9. The van der Waals surface area contributed by atoms with Crippen molar-refractivity contribution in [3.63, 3.8) is 0 Å². The lowest BCUT2D eigenvalue weighted by atomic mass is 10.2. The molecule has 1 amide bonds. The van der Waals surface area contributed by atoms with E-state index in [0.29, 0.717) is 0 Å². The first kappa shape index (κ1) is 18.1. The number of furan rings is 1. The zero-order valence-corrected chi connectivity index (χ0v) is 12.6. The van der Waals surface area contributed by atoms with Gasteiger partial charge in [-0.1, -0.05) is 0 Å². The molecule has 22 heavy (non-hydrogen) atoms. The maximum atomic E-state index is 11.5. The first-order chi connectivity index (χ1) is 10.1. The van der Waals surface area contributed by atoms with Crippen LogP contribution in [-0.4, -0.2) is 36.7 Å². The van der Waals surface area contributed by atoms with Crippen LogP contribution in [0.15, 0.2) is 21.7 Å². The van der Waals surface area contributed by atoms with Gasteiger partial charge < -0.3 is 16.8 Å². The van der Waals surface area contributed by atoms with Gasteiger partial charge in [0.2, 0.25) is 0 Å². The highest BCUT2D eigenvalue weighted by Gasteiger charge is 2.14. The number of rotatable bonds is 6. The van der Waals surface area contributed by atoms with Crippen molar-refractivity contribution in [3.8, 4) is 0 Å². The molecule has 0 radical (unpaired) electrons. The molecule has 9 nitrogen and oxygen atoms in total. The zero-order chi connectivity index (χ0) is 15.1. The number of nitrogens with zero attached hydrogens (tertiary/aromatic N) is 2. The molecule has 2 rings (SSSR count). The second kappa shape index (κ2) is 9.13. The van der Waals surface area contributed by atoms with Crippen LogP contribution < -0.4 is 28.3 Å². The van der Waals surface area contributed by atoms with Gasteiger partial charge in [0.1, 0.15) is 11.5 Å². The van der Waals surface area contributed by atoms with Crippen molar-refractivity contribution >= 4 is 18.0 Å². The van der Waals surface area contributed by atoms with Gasteiger partial charge in [0.15, 0.2) is 5.76 Å². The Bertz CT molecular complexity index is 527. The highest BCUT2D eigenvalue weighted by atomic mass is 35.5. The third kappa shape index (κ3) is 5.80. The summed E-state index contributed by atoms with van der Waals surface area (Å²) in [6, 6.07) is 2.63. The summed E-state index contributed by atoms with van der Waals surface area (Å²) in [5, 5.41) is 15.3. The van der Waals surface area contributed by atoms with Crippen LogP contribution in [0.3, 0.4) is 0 Å². The molecule has 3 N–H and O–H groups in total. The smallest absolute Gasteiger partial charge is 0.433 e. The fourth-order valence-electron chi connectivity index (χ4n) is 2.08. The molecule has 1 aromatic rings. The Hall–Kier alpha value is -1.97. The van der Waals surface area contributed by atoms with E-state index in [1.54, 1.807) is 0 Å². The number of amides is 1. The number of hydrogen-bond donors (Lipinski definition) is 3. The average molecular weight is 332 g/mol. The van der Waals surface area contributed by atoms with E-state index in [4.69, 9.17) is 4.42 Å². The van der Waals surface area contributed by atoms with Crippen LogP contribution in [0.2, 0.25) is 0 Å². The first-order valence-electron chi connectivity index (χ1n) is 6.80. The van der Waals surface area contributed by atoms with E-state index in [1.807, 2.05) is 0 Å². The predicted molar refractivity (Wildman–Crippen MR) is 73.6 cm³/mol. The van der Waals surface area contributed by atoms with Crippen LogP contribution in [0.25, 0.3) is 0 Å². The molecule has 1 aromatic heterocycles. The Balaban J connectivity index is 0.00000242. The first-order valence-corrected chi connectivity index (χ1v) is 6.80. The fourth-order valence-corrected chi connectivity index (χ4v) is 2.08. The fraction of sp³-hybridized carbons (Fsp3) is 0.500. The molecule has 0 saturated carbocycles. The molecule has 1 saturated heterocycles. The van der Waals surface area contributed by atoms with Crippen molar-refractivity contribution in [3.05, 3.63) is 28.0 Å². The second-order valence-corrected chi connectivity index (χ2v) is 4.74. The van der Waals surface area contributed by atoms with Crippen molar-refractivity contribution in [1.29, 1.82) is 0 Å². The standard InChI is InChI=1S/C12H17N5O4.ClH/c18-11(9-14-16-6-2-1-3-7-16)15-13-8-10-4-5-12(21-10)17(19)20;/h4-5,8,14H,1-3,6-7,9H2,(H,15,18);1H/b13-8+;. The van der Waals surface area contributed by atoms with E-state index in [-0.39, 0.29) is 36.5 Å². The number of halogens is 1. The summed E-state index contributed by atoms with van der Waals surface area (Å²) in [7, 11) is 0. The molecule has 0 atom stereocenters. The van der Waals surface area contributed by atoms with E-state index in [2.05, 4.69) is 16.0 Å². The predicted octanol–water partition coefficient (Wildman–Crippen LogP) is -3.78. The minimum absolute atomic E-state index is 0. The lowest BCUT2D eigenvalue weighted by Gasteiger charge is -2.22. The molecule has 122 valence electrons. The number of quaternary nitrogens is 1. The van der Waals surface area contributed by atoms with Gasteiger partial charge in [-0.2, -0.15) is 10.5 Å². The Morgan fingerprint density at radius 2 is 2.14 bits per heavy atom. The quantitative estimate of drug-likeness (QED) is 0.281. The van der Waals surface area contributed by atoms with E-state index < -0.39 is 4.92 Å². The van der Waals surface area contributed by atoms with Gasteiger partial charge in [0.05, 0.1) is 25.4 Å². The third-order valence-electron chi connectivity index (χ3n) is 3.13. The largest absolute Gasteiger partial charge is 1.00 e. The van der Waals surface area contributed by atoms with Crippen molar-refractivity contribution in [1.82, 2.24) is 10.9 Å². The maximum Gasteiger partial charge on any atom is 0.433 e. The lowest BCUT2D eigenvalue weighted by molar-refractivity contribution is -0.948. The molecule has 0 aliphatic carbocycles. The number of nitrogens with one attached hydrogen (secondary N) is 3. The van der Waals surface area contributed by atoms with Gasteiger partial charge in [-0.3, -0.25) is 19.9 Å². The average Bonchev–Trinajstić information content (AvgIpc) is 2.95. The molecule has 1 aliphatic heterocycles. The van der Waals surface area contributed by atoms with Crippen LogP contribution in [-0.2, 0) is 4.79 Å². The minimum atomic E-state index is -0.638. The van der Waals surface area contributed by atoms with Gasteiger partial charge in [0, 0.05) is 0 Å². The number of carbonyl (C=O) groups excluding carboxylic acids is 1. The van der Waals surface area contributed by atoms with Gasteiger partial charge in [-0.05, 0) is 25.3 Å². The summed E-state index contributed by atoms with van der Waals surface area (Å²) in [6.45, 7) is 2.21. The Labute approximate surface area is 133 Å². The van der Waals surface area contributed by atoms with E-state index >= 15 is 0 Å². The normalized spacial score (nSPS) is 15.5. The van der Waals surface area contributed by atoms with E-state index in [0.717, 1.165) is 13.1 Å². The summed E-state index contributed by atoms with van der Waals surface area (Å²) >= 11 is 0. The van der Waals surface area contributed by atoms with E-state index in [1.165, 1.54) is 42.6 Å². The summed E-state index contributed by atoms with van der Waals surface area (Å²) in [5.74, 6) is -0.430. The van der Waals surface area contributed by atoms with E-state index in [9.17, 15) is 14.9 Å². The molecule has 2 heterocycles. The Morgan fingerprint density at radius 3 is 2.77 bits per heavy atom. The summed E-state index contributed by atoms with van der Waals surface area (Å²) in [4.78, 5) is 21.3. The number of hydrazone groups is 1. The summed E-state index contributed by atoms with van der Waals surface area (Å²) in [6.07, 6.45) is 4.80. The molecular weight excluding hydrogens is 314 g/mol.